The predicted molar refractivity (Wildman–Crippen MR) is 123 cm³/mol. The second-order valence-electron chi connectivity index (χ2n) is 9.10. The summed E-state index contributed by atoms with van der Waals surface area (Å²) >= 11 is 0. The van der Waals surface area contributed by atoms with Gasteiger partial charge in [-0.25, -0.2) is 0 Å². The van der Waals surface area contributed by atoms with Crippen molar-refractivity contribution in [2.45, 2.75) is 149 Å². The number of hydrogen-bond donors (Lipinski definition) is 0. The summed E-state index contributed by atoms with van der Waals surface area (Å²) in [6.45, 7) is 6.32. The summed E-state index contributed by atoms with van der Waals surface area (Å²) in [5.74, 6) is 0.744. The highest BCUT2D eigenvalue weighted by Crippen LogP contribution is 2.23. The fraction of sp³-hybridized carbons (Fsp3) is 0.923. The number of hydrogen-bond acceptors (Lipinski definition) is 4. The molecule has 0 aromatic carbocycles. The van der Waals surface area contributed by atoms with Crippen LogP contribution in [0.2, 0.25) is 0 Å². The zero-order valence-corrected chi connectivity index (χ0v) is 20.1. The molecule has 2 aliphatic rings. The van der Waals surface area contributed by atoms with Crippen LogP contribution in [0.4, 0.5) is 0 Å². The van der Waals surface area contributed by atoms with Crippen molar-refractivity contribution in [1.82, 2.24) is 0 Å². The van der Waals surface area contributed by atoms with Crippen LogP contribution in [-0.4, -0.2) is 24.1 Å². The molecule has 0 spiro atoms. The van der Waals surface area contributed by atoms with Crippen LogP contribution in [0.15, 0.2) is 0 Å². The Balaban J connectivity index is 0.00000218. The second kappa shape index (κ2) is 17.6. The standard InChI is InChI=1S/C24H42O4.C2H6/c1-20(12-4-2-6-18-23(25)27-21-14-8-9-15-21)13-5-3-7-19-24(26)28-22-16-10-11-17-22;1-2/h20-22H,2-19H2,1H3;1-2H3. The summed E-state index contributed by atoms with van der Waals surface area (Å²) in [6, 6.07) is 0. The first-order chi connectivity index (χ1) is 14.6. The summed E-state index contributed by atoms with van der Waals surface area (Å²) in [7, 11) is 0. The fourth-order valence-electron chi connectivity index (χ4n) is 4.52. The Hall–Kier alpha value is -1.06. The molecule has 0 saturated heterocycles. The summed E-state index contributed by atoms with van der Waals surface area (Å²) in [5.41, 5.74) is 0. The average Bonchev–Trinajstić information content (AvgIpc) is 3.43. The van der Waals surface area contributed by atoms with Gasteiger partial charge in [-0.15, -0.1) is 0 Å². The van der Waals surface area contributed by atoms with E-state index in [1.54, 1.807) is 0 Å². The Morgan fingerprint density at radius 2 is 1.03 bits per heavy atom. The predicted octanol–water partition coefficient (Wildman–Crippen LogP) is 7.52. The largest absolute Gasteiger partial charge is 0.462 e. The van der Waals surface area contributed by atoms with E-state index in [9.17, 15) is 9.59 Å². The maximum Gasteiger partial charge on any atom is 0.306 e. The zero-order valence-electron chi connectivity index (χ0n) is 20.1. The molecule has 0 N–H and O–H groups in total. The van der Waals surface area contributed by atoms with E-state index in [4.69, 9.17) is 9.47 Å². The molecule has 176 valence electrons. The molecular weight excluding hydrogens is 376 g/mol. The van der Waals surface area contributed by atoms with Crippen LogP contribution in [0.3, 0.4) is 0 Å². The van der Waals surface area contributed by atoms with Crippen molar-refractivity contribution < 1.29 is 19.1 Å². The highest BCUT2D eigenvalue weighted by atomic mass is 16.5. The maximum absolute atomic E-state index is 11.8. The van der Waals surface area contributed by atoms with Gasteiger partial charge in [0.2, 0.25) is 0 Å². The van der Waals surface area contributed by atoms with Gasteiger partial charge >= 0.3 is 11.9 Å². The lowest BCUT2D eigenvalue weighted by molar-refractivity contribution is -0.149. The Labute approximate surface area is 185 Å². The number of unbranched alkanes of at least 4 members (excludes halogenated alkanes) is 4. The van der Waals surface area contributed by atoms with Crippen LogP contribution < -0.4 is 0 Å². The first-order valence-electron chi connectivity index (χ1n) is 13.0. The minimum absolute atomic E-state index is 0.00593. The van der Waals surface area contributed by atoms with Gasteiger partial charge in [-0.05, 0) is 70.1 Å². The molecule has 0 aromatic heterocycles. The van der Waals surface area contributed by atoms with Crippen molar-refractivity contribution in [2.24, 2.45) is 5.92 Å². The molecule has 0 amide bonds. The van der Waals surface area contributed by atoms with E-state index in [1.165, 1.54) is 51.4 Å². The van der Waals surface area contributed by atoms with Crippen LogP contribution in [0.5, 0.6) is 0 Å². The van der Waals surface area contributed by atoms with Crippen molar-refractivity contribution in [3.8, 4) is 0 Å². The Kier molecular flexibility index (Phi) is 15.8. The van der Waals surface area contributed by atoms with Gasteiger partial charge in [-0.1, -0.05) is 59.3 Å². The number of carbonyl (C=O) groups excluding carboxylic acids is 2. The number of ether oxygens (including phenoxy) is 2. The van der Waals surface area contributed by atoms with Gasteiger partial charge in [0.25, 0.3) is 0 Å². The lowest BCUT2D eigenvalue weighted by atomic mass is 9.96. The Morgan fingerprint density at radius 3 is 1.40 bits per heavy atom. The van der Waals surface area contributed by atoms with Gasteiger partial charge < -0.3 is 9.47 Å². The van der Waals surface area contributed by atoms with Crippen molar-refractivity contribution in [3.63, 3.8) is 0 Å². The van der Waals surface area contributed by atoms with E-state index in [2.05, 4.69) is 6.92 Å². The number of rotatable bonds is 14. The topological polar surface area (TPSA) is 52.6 Å². The summed E-state index contributed by atoms with van der Waals surface area (Å²) < 4.78 is 11.0. The van der Waals surface area contributed by atoms with Gasteiger partial charge in [0, 0.05) is 12.8 Å². The Morgan fingerprint density at radius 1 is 0.667 bits per heavy atom. The molecule has 4 heteroatoms. The molecule has 0 aromatic rings. The molecule has 2 aliphatic carbocycles. The highest BCUT2D eigenvalue weighted by Gasteiger charge is 2.19. The number of esters is 2. The van der Waals surface area contributed by atoms with Crippen molar-refractivity contribution in [2.75, 3.05) is 0 Å². The molecule has 4 nitrogen and oxygen atoms in total. The Bertz CT molecular complexity index is 396. The normalized spacial score (nSPS) is 17.1. The van der Waals surface area contributed by atoms with E-state index >= 15 is 0 Å². The summed E-state index contributed by atoms with van der Waals surface area (Å²) in [6.07, 6.45) is 19.7. The van der Waals surface area contributed by atoms with Crippen molar-refractivity contribution in [3.05, 3.63) is 0 Å². The fourth-order valence-corrected chi connectivity index (χ4v) is 4.52. The van der Waals surface area contributed by atoms with Crippen molar-refractivity contribution in [1.29, 1.82) is 0 Å². The molecule has 0 radical (unpaired) electrons. The maximum atomic E-state index is 11.8. The molecule has 0 aliphatic heterocycles. The third-order valence-electron chi connectivity index (χ3n) is 6.36. The van der Waals surface area contributed by atoms with E-state index in [1.807, 2.05) is 13.8 Å². The van der Waals surface area contributed by atoms with E-state index < -0.39 is 0 Å². The minimum Gasteiger partial charge on any atom is -0.462 e. The molecule has 0 atom stereocenters. The highest BCUT2D eigenvalue weighted by molar-refractivity contribution is 5.69. The molecule has 2 fully saturated rings. The van der Waals surface area contributed by atoms with Gasteiger partial charge in [0.15, 0.2) is 0 Å². The van der Waals surface area contributed by atoms with Gasteiger partial charge in [-0.2, -0.15) is 0 Å². The van der Waals surface area contributed by atoms with Gasteiger partial charge in [-0.3, -0.25) is 9.59 Å². The molecule has 0 heterocycles. The van der Waals surface area contributed by atoms with Crippen LogP contribution in [-0.2, 0) is 19.1 Å². The third kappa shape index (κ3) is 13.3. The minimum atomic E-state index is 0.00593. The van der Waals surface area contributed by atoms with Crippen LogP contribution in [0.25, 0.3) is 0 Å². The van der Waals surface area contributed by atoms with Gasteiger partial charge in [0.1, 0.15) is 12.2 Å². The first kappa shape index (κ1) is 27.0. The van der Waals surface area contributed by atoms with Crippen molar-refractivity contribution >= 4 is 11.9 Å². The smallest absolute Gasteiger partial charge is 0.306 e. The molecule has 30 heavy (non-hydrogen) atoms. The van der Waals surface area contributed by atoms with E-state index in [0.29, 0.717) is 12.8 Å². The molecular formula is C26H48O4. The average molecular weight is 425 g/mol. The van der Waals surface area contributed by atoms with Crippen LogP contribution in [0.1, 0.15) is 136 Å². The lowest BCUT2D eigenvalue weighted by Gasteiger charge is -2.13. The third-order valence-corrected chi connectivity index (χ3v) is 6.36. The summed E-state index contributed by atoms with van der Waals surface area (Å²) in [5, 5.41) is 0. The monoisotopic (exact) mass is 424 g/mol. The van der Waals surface area contributed by atoms with Gasteiger partial charge in [0.05, 0.1) is 0 Å². The van der Waals surface area contributed by atoms with Crippen LogP contribution >= 0.6 is 0 Å². The SMILES string of the molecule is CC.CC(CCCCCC(=O)OC1CCCC1)CCCCCC(=O)OC1CCCC1. The second-order valence-corrected chi connectivity index (χ2v) is 9.10. The van der Waals surface area contributed by atoms with Crippen LogP contribution in [0, 0.1) is 5.92 Å². The zero-order chi connectivity index (χ0) is 22.0. The quantitative estimate of drug-likeness (QED) is 0.214. The lowest BCUT2D eigenvalue weighted by Crippen LogP contribution is -2.14. The molecule has 0 unspecified atom stereocenters. The molecule has 2 rings (SSSR count). The molecule has 0 bridgehead atoms. The molecule has 2 saturated carbocycles. The summed E-state index contributed by atoms with van der Waals surface area (Å²) in [4.78, 5) is 23.6. The number of carbonyl (C=O) groups is 2. The first-order valence-corrected chi connectivity index (χ1v) is 13.0. The van der Waals surface area contributed by atoms with E-state index in [0.717, 1.165) is 57.3 Å². The van der Waals surface area contributed by atoms with E-state index in [-0.39, 0.29) is 24.1 Å².